The van der Waals surface area contributed by atoms with Crippen molar-refractivity contribution in [1.82, 2.24) is 4.90 Å². The molecule has 0 amide bonds. The second kappa shape index (κ2) is 6.39. The summed E-state index contributed by atoms with van der Waals surface area (Å²) < 4.78 is 0. The van der Waals surface area contributed by atoms with E-state index in [0.29, 0.717) is 11.4 Å². The van der Waals surface area contributed by atoms with E-state index in [1.807, 2.05) is 42.8 Å². The van der Waals surface area contributed by atoms with Crippen LogP contribution in [0.1, 0.15) is 33.8 Å². The van der Waals surface area contributed by atoms with Gasteiger partial charge in [-0.15, -0.1) is 11.3 Å². The number of benzene rings is 1. The quantitative estimate of drug-likeness (QED) is 0.895. The molecule has 0 spiro atoms. The van der Waals surface area contributed by atoms with Crippen molar-refractivity contribution in [2.45, 2.75) is 19.5 Å². The van der Waals surface area contributed by atoms with E-state index in [9.17, 15) is 4.79 Å². The first kappa shape index (κ1) is 15.0. The van der Waals surface area contributed by atoms with Gasteiger partial charge >= 0.3 is 5.97 Å². The lowest BCUT2D eigenvalue weighted by Crippen LogP contribution is -2.22. The highest BCUT2D eigenvalue weighted by molar-refractivity contribution is 7.12. The molecule has 0 saturated carbocycles. The molecule has 0 saturated heterocycles. The highest BCUT2D eigenvalue weighted by Crippen LogP contribution is 2.25. The molecule has 0 aliphatic rings. The van der Waals surface area contributed by atoms with Crippen molar-refractivity contribution < 1.29 is 9.90 Å². The van der Waals surface area contributed by atoms with E-state index >= 15 is 0 Å². The number of hydrogen-bond acceptors (Lipinski definition) is 3. The SMILES string of the molecule is CC(c1ccc(Cl)cc1)N(C)Cc1ccsc1C(=O)O. The van der Waals surface area contributed by atoms with Crippen LogP contribution in [0.3, 0.4) is 0 Å². The molecule has 0 aliphatic heterocycles. The Labute approximate surface area is 127 Å². The third-order valence-electron chi connectivity index (χ3n) is 3.37. The number of nitrogens with zero attached hydrogens (tertiary/aromatic N) is 1. The maximum atomic E-state index is 11.1. The molecular weight excluding hydrogens is 294 g/mol. The number of hydrogen-bond donors (Lipinski definition) is 1. The van der Waals surface area contributed by atoms with E-state index in [-0.39, 0.29) is 6.04 Å². The van der Waals surface area contributed by atoms with Gasteiger partial charge in [-0.25, -0.2) is 4.79 Å². The Hall–Kier alpha value is -1.36. The summed E-state index contributed by atoms with van der Waals surface area (Å²) in [5, 5.41) is 11.7. The number of carboxylic acid groups (broad SMARTS) is 1. The van der Waals surface area contributed by atoms with E-state index in [1.54, 1.807) is 0 Å². The van der Waals surface area contributed by atoms with Gasteiger partial charge < -0.3 is 5.11 Å². The lowest BCUT2D eigenvalue weighted by molar-refractivity contribution is 0.0700. The molecule has 1 aromatic carbocycles. The lowest BCUT2D eigenvalue weighted by Gasteiger charge is -2.25. The number of thiophene rings is 1. The number of aromatic carboxylic acids is 1. The molecule has 2 aromatic rings. The summed E-state index contributed by atoms with van der Waals surface area (Å²) in [6, 6.07) is 9.79. The van der Waals surface area contributed by atoms with Gasteiger partial charge in [0, 0.05) is 17.6 Å². The van der Waals surface area contributed by atoms with Crippen molar-refractivity contribution >= 4 is 28.9 Å². The first-order chi connectivity index (χ1) is 9.49. The third-order valence-corrected chi connectivity index (χ3v) is 4.57. The zero-order valence-corrected chi connectivity index (χ0v) is 12.9. The average molecular weight is 310 g/mol. The van der Waals surface area contributed by atoms with Crippen LogP contribution in [0.4, 0.5) is 0 Å². The minimum absolute atomic E-state index is 0.189. The molecule has 1 aromatic heterocycles. The van der Waals surface area contributed by atoms with Gasteiger partial charge in [0.15, 0.2) is 0 Å². The Morgan fingerprint density at radius 3 is 2.60 bits per heavy atom. The fourth-order valence-electron chi connectivity index (χ4n) is 2.05. The molecule has 0 fully saturated rings. The predicted molar refractivity (Wildman–Crippen MR) is 82.6 cm³/mol. The van der Waals surface area contributed by atoms with Gasteiger partial charge in [-0.2, -0.15) is 0 Å². The molecule has 2 rings (SSSR count). The highest BCUT2D eigenvalue weighted by atomic mass is 35.5. The number of halogens is 1. The standard InChI is InChI=1S/C15H16ClNO2S/c1-10(11-3-5-13(16)6-4-11)17(2)9-12-7-8-20-14(12)15(18)19/h3-8,10H,9H2,1-2H3,(H,18,19). The molecule has 0 aliphatic carbocycles. The topological polar surface area (TPSA) is 40.5 Å². The van der Waals surface area contributed by atoms with Crippen molar-refractivity contribution in [1.29, 1.82) is 0 Å². The minimum atomic E-state index is -0.859. The summed E-state index contributed by atoms with van der Waals surface area (Å²) >= 11 is 7.15. The zero-order chi connectivity index (χ0) is 14.7. The fraction of sp³-hybridized carbons (Fsp3) is 0.267. The second-order valence-corrected chi connectivity index (χ2v) is 6.08. The first-order valence-electron chi connectivity index (χ1n) is 6.24. The van der Waals surface area contributed by atoms with Gasteiger partial charge in [-0.05, 0) is 48.7 Å². The minimum Gasteiger partial charge on any atom is -0.477 e. The molecule has 5 heteroatoms. The monoisotopic (exact) mass is 309 g/mol. The van der Waals surface area contributed by atoms with E-state index in [2.05, 4.69) is 11.8 Å². The summed E-state index contributed by atoms with van der Waals surface area (Å²) in [6.07, 6.45) is 0. The van der Waals surface area contributed by atoms with Crippen LogP contribution >= 0.6 is 22.9 Å². The van der Waals surface area contributed by atoms with E-state index < -0.39 is 5.97 Å². The van der Waals surface area contributed by atoms with Crippen LogP contribution in [-0.2, 0) is 6.54 Å². The van der Waals surface area contributed by atoms with Gasteiger partial charge in [0.1, 0.15) is 4.88 Å². The van der Waals surface area contributed by atoms with Gasteiger partial charge in [-0.1, -0.05) is 23.7 Å². The third kappa shape index (κ3) is 3.39. The van der Waals surface area contributed by atoms with Crippen LogP contribution in [0.15, 0.2) is 35.7 Å². The van der Waals surface area contributed by atoms with Crippen LogP contribution in [0, 0.1) is 0 Å². The van der Waals surface area contributed by atoms with Gasteiger partial charge in [-0.3, -0.25) is 4.90 Å². The van der Waals surface area contributed by atoms with Gasteiger partial charge in [0.05, 0.1) is 0 Å². The van der Waals surface area contributed by atoms with Gasteiger partial charge in [0.2, 0.25) is 0 Å². The van der Waals surface area contributed by atoms with Crippen LogP contribution in [0.25, 0.3) is 0 Å². The van der Waals surface area contributed by atoms with Crippen molar-refractivity contribution in [3.05, 3.63) is 56.7 Å². The summed E-state index contributed by atoms with van der Waals surface area (Å²) in [5.41, 5.74) is 2.01. The van der Waals surface area contributed by atoms with Crippen LogP contribution < -0.4 is 0 Å². The molecule has 1 unspecified atom stereocenters. The molecular formula is C15H16ClNO2S. The Balaban J connectivity index is 2.11. The summed E-state index contributed by atoms with van der Waals surface area (Å²) in [7, 11) is 1.99. The molecule has 3 nitrogen and oxygen atoms in total. The Kier molecular flexibility index (Phi) is 4.81. The zero-order valence-electron chi connectivity index (χ0n) is 11.3. The Bertz CT molecular complexity index is 594. The maximum absolute atomic E-state index is 11.1. The molecule has 0 bridgehead atoms. The van der Waals surface area contributed by atoms with Crippen LogP contribution in [0.5, 0.6) is 0 Å². The Morgan fingerprint density at radius 1 is 1.35 bits per heavy atom. The van der Waals surface area contributed by atoms with Crippen molar-refractivity contribution in [2.24, 2.45) is 0 Å². The largest absolute Gasteiger partial charge is 0.477 e. The summed E-state index contributed by atoms with van der Waals surface area (Å²) in [5.74, 6) is -0.859. The molecule has 0 radical (unpaired) electrons. The van der Waals surface area contributed by atoms with Crippen LogP contribution in [-0.4, -0.2) is 23.0 Å². The average Bonchev–Trinajstić information content (AvgIpc) is 2.87. The fourth-order valence-corrected chi connectivity index (χ4v) is 2.93. The molecule has 20 heavy (non-hydrogen) atoms. The van der Waals surface area contributed by atoms with Crippen molar-refractivity contribution in [2.75, 3.05) is 7.05 Å². The highest BCUT2D eigenvalue weighted by Gasteiger charge is 2.17. The van der Waals surface area contributed by atoms with E-state index in [4.69, 9.17) is 16.7 Å². The predicted octanol–water partition coefficient (Wildman–Crippen LogP) is 4.29. The van der Waals surface area contributed by atoms with Crippen molar-refractivity contribution in [3.63, 3.8) is 0 Å². The Morgan fingerprint density at radius 2 is 2.00 bits per heavy atom. The summed E-state index contributed by atoms with van der Waals surface area (Å²) in [4.78, 5) is 13.7. The van der Waals surface area contributed by atoms with Crippen LogP contribution in [0.2, 0.25) is 5.02 Å². The smallest absolute Gasteiger partial charge is 0.346 e. The number of carboxylic acids is 1. The van der Waals surface area contributed by atoms with E-state index in [0.717, 1.165) is 16.1 Å². The normalized spacial score (nSPS) is 12.6. The number of carbonyl (C=O) groups is 1. The molecule has 106 valence electrons. The second-order valence-electron chi connectivity index (χ2n) is 4.72. The van der Waals surface area contributed by atoms with E-state index in [1.165, 1.54) is 11.3 Å². The van der Waals surface area contributed by atoms with Gasteiger partial charge in [0.25, 0.3) is 0 Å². The van der Waals surface area contributed by atoms with Crippen molar-refractivity contribution in [3.8, 4) is 0 Å². The molecule has 1 heterocycles. The molecule has 1 N–H and O–H groups in total. The number of rotatable bonds is 5. The molecule has 1 atom stereocenters. The first-order valence-corrected chi connectivity index (χ1v) is 7.50. The lowest BCUT2D eigenvalue weighted by atomic mass is 10.1. The maximum Gasteiger partial charge on any atom is 0.346 e. The summed E-state index contributed by atoms with van der Waals surface area (Å²) in [6.45, 7) is 2.70.